The number of aromatic nitrogens is 3. The van der Waals surface area contributed by atoms with Crippen LogP contribution in [0.4, 0.5) is 4.79 Å². The van der Waals surface area contributed by atoms with Gasteiger partial charge in [0.15, 0.2) is 5.16 Å². The Balaban J connectivity index is 1.48. The van der Waals surface area contributed by atoms with Crippen molar-refractivity contribution in [2.75, 3.05) is 5.75 Å². The zero-order valence-electron chi connectivity index (χ0n) is 15.3. The van der Waals surface area contributed by atoms with Gasteiger partial charge in [-0.3, -0.25) is 14.9 Å². The molecule has 4 amide bonds. The monoisotopic (exact) mass is 402 g/mol. The van der Waals surface area contributed by atoms with E-state index in [1.165, 1.54) is 11.8 Å². The Kier molecular flexibility index (Phi) is 6.64. The van der Waals surface area contributed by atoms with Gasteiger partial charge in [0.2, 0.25) is 11.8 Å². The van der Waals surface area contributed by atoms with Crippen LogP contribution in [-0.2, 0) is 22.7 Å². The summed E-state index contributed by atoms with van der Waals surface area (Å²) in [5.74, 6) is 0.349. The van der Waals surface area contributed by atoms with E-state index in [2.05, 4.69) is 20.8 Å². The van der Waals surface area contributed by atoms with Gasteiger partial charge in [-0.05, 0) is 18.4 Å². The van der Waals surface area contributed by atoms with Gasteiger partial charge in [-0.25, -0.2) is 4.79 Å². The summed E-state index contributed by atoms with van der Waals surface area (Å²) < 4.78 is 1.84. The molecule has 1 fully saturated rings. The SMILES string of the molecule is NC(=O)CCn1c(SCC(=O)NC(=O)NCc2ccccc2)nnc1C1CC1. The number of benzene rings is 1. The highest BCUT2D eigenvalue weighted by molar-refractivity contribution is 7.99. The average molecular weight is 402 g/mol. The van der Waals surface area contributed by atoms with E-state index < -0.39 is 17.8 Å². The molecule has 1 aromatic carbocycles. The number of carbonyl (C=O) groups is 3. The molecule has 2 aromatic rings. The van der Waals surface area contributed by atoms with Crippen LogP contribution in [0.5, 0.6) is 0 Å². The third-order valence-electron chi connectivity index (χ3n) is 4.15. The molecule has 10 heteroatoms. The number of thioether (sulfide) groups is 1. The van der Waals surface area contributed by atoms with Gasteiger partial charge in [-0.15, -0.1) is 10.2 Å². The van der Waals surface area contributed by atoms with E-state index in [1.807, 2.05) is 34.9 Å². The van der Waals surface area contributed by atoms with E-state index >= 15 is 0 Å². The molecule has 0 saturated heterocycles. The number of nitrogens with one attached hydrogen (secondary N) is 2. The number of nitrogens with zero attached hydrogens (tertiary/aromatic N) is 3. The van der Waals surface area contributed by atoms with Crippen LogP contribution < -0.4 is 16.4 Å². The second-order valence-corrected chi connectivity index (χ2v) is 7.43. The molecule has 9 nitrogen and oxygen atoms in total. The summed E-state index contributed by atoms with van der Waals surface area (Å²) in [6, 6.07) is 8.86. The minimum atomic E-state index is -0.552. The second kappa shape index (κ2) is 9.36. The Morgan fingerprint density at radius 3 is 2.61 bits per heavy atom. The van der Waals surface area contributed by atoms with Crippen LogP contribution in [0.2, 0.25) is 0 Å². The summed E-state index contributed by atoms with van der Waals surface area (Å²) >= 11 is 1.17. The van der Waals surface area contributed by atoms with Crippen LogP contribution in [0.15, 0.2) is 35.5 Å². The average Bonchev–Trinajstić information content (AvgIpc) is 3.44. The first-order chi connectivity index (χ1) is 13.5. The Labute approximate surface area is 166 Å². The molecule has 1 aliphatic carbocycles. The van der Waals surface area contributed by atoms with Gasteiger partial charge in [-0.2, -0.15) is 0 Å². The summed E-state index contributed by atoms with van der Waals surface area (Å²) in [4.78, 5) is 35.0. The zero-order chi connectivity index (χ0) is 19.9. The van der Waals surface area contributed by atoms with Gasteiger partial charge in [-0.1, -0.05) is 42.1 Å². The van der Waals surface area contributed by atoms with E-state index in [0.717, 1.165) is 24.2 Å². The van der Waals surface area contributed by atoms with Gasteiger partial charge in [0, 0.05) is 25.4 Å². The van der Waals surface area contributed by atoms with Gasteiger partial charge in [0.05, 0.1) is 5.75 Å². The second-order valence-electron chi connectivity index (χ2n) is 6.49. The van der Waals surface area contributed by atoms with Crippen LogP contribution in [0.1, 0.15) is 36.6 Å². The molecule has 28 heavy (non-hydrogen) atoms. The Bertz CT molecular complexity index is 850. The first-order valence-corrected chi connectivity index (χ1v) is 9.97. The fourth-order valence-corrected chi connectivity index (χ4v) is 3.37. The van der Waals surface area contributed by atoms with Gasteiger partial charge < -0.3 is 15.6 Å². The highest BCUT2D eigenvalue weighted by Gasteiger charge is 2.30. The number of rotatable bonds is 9. The van der Waals surface area contributed by atoms with Crippen LogP contribution >= 0.6 is 11.8 Å². The topological polar surface area (TPSA) is 132 Å². The summed E-state index contributed by atoms with van der Waals surface area (Å²) in [6.07, 6.45) is 2.27. The minimum Gasteiger partial charge on any atom is -0.370 e. The number of amides is 4. The fourth-order valence-electron chi connectivity index (χ4n) is 2.60. The Morgan fingerprint density at radius 2 is 1.93 bits per heavy atom. The zero-order valence-corrected chi connectivity index (χ0v) is 16.1. The molecule has 148 valence electrons. The molecule has 1 saturated carbocycles. The Morgan fingerprint density at radius 1 is 1.18 bits per heavy atom. The van der Waals surface area contributed by atoms with Crippen LogP contribution in [0.3, 0.4) is 0 Å². The molecule has 0 atom stereocenters. The van der Waals surface area contributed by atoms with Crippen molar-refractivity contribution in [3.05, 3.63) is 41.7 Å². The number of imide groups is 1. The number of carbonyl (C=O) groups excluding carboxylic acids is 3. The smallest absolute Gasteiger partial charge is 0.321 e. The molecule has 0 spiro atoms. The molecular formula is C18H22N6O3S. The van der Waals surface area contributed by atoms with Crippen molar-refractivity contribution in [1.29, 1.82) is 0 Å². The van der Waals surface area contributed by atoms with E-state index in [-0.39, 0.29) is 12.2 Å². The lowest BCUT2D eigenvalue weighted by Gasteiger charge is -2.09. The molecule has 0 unspecified atom stereocenters. The van der Waals surface area contributed by atoms with Crippen molar-refractivity contribution in [2.45, 2.75) is 43.4 Å². The van der Waals surface area contributed by atoms with Gasteiger partial charge in [0.25, 0.3) is 0 Å². The van der Waals surface area contributed by atoms with E-state index in [4.69, 9.17) is 5.73 Å². The lowest BCUT2D eigenvalue weighted by molar-refractivity contribution is -0.118. The largest absolute Gasteiger partial charge is 0.370 e. The van der Waals surface area contributed by atoms with Crippen LogP contribution in [-0.4, -0.2) is 38.4 Å². The maximum atomic E-state index is 12.0. The number of nitrogens with two attached hydrogens (primary N) is 1. The Hall–Kier alpha value is -2.88. The van der Waals surface area contributed by atoms with Crippen molar-refractivity contribution in [2.24, 2.45) is 5.73 Å². The van der Waals surface area contributed by atoms with Crippen molar-refractivity contribution >= 4 is 29.6 Å². The fraction of sp³-hybridized carbons (Fsp3) is 0.389. The molecule has 1 heterocycles. The van der Waals surface area contributed by atoms with Gasteiger partial charge in [0.1, 0.15) is 5.82 Å². The molecule has 4 N–H and O–H groups in total. The summed E-state index contributed by atoms with van der Waals surface area (Å²) in [7, 11) is 0. The molecule has 0 bridgehead atoms. The maximum absolute atomic E-state index is 12.0. The van der Waals surface area contributed by atoms with Crippen molar-refractivity contribution in [3.63, 3.8) is 0 Å². The highest BCUT2D eigenvalue weighted by Crippen LogP contribution is 2.40. The number of urea groups is 1. The normalized spacial score (nSPS) is 13.1. The predicted octanol–water partition coefficient (Wildman–Crippen LogP) is 1.15. The molecule has 0 radical (unpaired) electrons. The van der Waals surface area contributed by atoms with E-state index in [1.54, 1.807) is 0 Å². The van der Waals surface area contributed by atoms with Crippen LogP contribution in [0.25, 0.3) is 0 Å². The highest BCUT2D eigenvalue weighted by atomic mass is 32.2. The molecule has 3 rings (SSSR count). The standard InChI is InChI=1S/C18H22N6O3S/c19-14(25)8-9-24-16(13-6-7-13)22-23-18(24)28-11-15(26)21-17(27)20-10-12-4-2-1-3-5-12/h1-5,13H,6-11H2,(H2,19,25)(H2,20,21,26,27). The summed E-state index contributed by atoms with van der Waals surface area (Å²) in [5.41, 5.74) is 6.18. The molecule has 1 aromatic heterocycles. The van der Waals surface area contributed by atoms with Gasteiger partial charge >= 0.3 is 6.03 Å². The minimum absolute atomic E-state index is 0.0120. The van der Waals surface area contributed by atoms with E-state index in [0.29, 0.717) is 24.2 Å². The van der Waals surface area contributed by atoms with Crippen molar-refractivity contribution in [1.82, 2.24) is 25.4 Å². The summed E-state index contributed by atoms with van der Waals surface area (Å²) in [5, 5.41) is 13.8. The lowest BCUT2D eigenvalue weighted by atomic mass is 10.2. The predicted molar refractivity (Wildman–Crippen MR) is 103 cm³/mol. The maximum Gasteiger partial charge on any atom is 0.321 e. The van der Waals surface area contributed by atoms with Crippen molar-refractivity contribution in [3.8, 4) is 0 Å². The van der Waals surface area contributed by atoms with E-state index in [9.17, 15) is 14.4 Å². The number of primary amides is 1. The summed E-state index contributed by atoms with van der Waals surface area (Å²) in [6.45, 7) is 0.717. The quantitative estimate of drug-likeness (QED) is 0.539. The molecule has 1 aliphatic rings. The van der Waals surface area contributed by atoms with Crippen molar-refractivity contribution < 1.29 is 14.4 Å². The molecular weight excluding hydrogens is 380 g/mol. The lowest BCUT2D eigenvalue weighted by Crippen LogP contribution is -2.40. The molecule has 0 aliphatic heterocycles. The first kappa shape index (κ1) is 19.9. The number of hydrogen-bond acceptors (Lipinski definition) is 6. The third kappa shape index (κ3) is 5.81. The van der Waals surface area contributed by atoms with Crippen LogP contribution in [0, 0.1) is 0 Å². The number of hydrogen-bond donors (Lipinski definition) is 3. The first-order valence-electron chi connectivity index (χ1n) is 8.98. The third-order valence-corrected chi connectivity index (χ3v) is 5.12.